The molecule has 0 saturated carbocycles. The lowest BCUT2D eigenvalue weighted by atomic mass is 10.1. The molecule has 1 aliphatic rings. The summed E-state index contributed by atoms with van der Waals surface area (Å²) in [6.07, 6.45) is 1.64. The number of carbonyl (C=O) groups is 1. The van der Waals surface area contributed by atoms with Gasteiger partial charge in [-0.25, -0.2) is 9.78 Å². The number of benzene rings is 2. The average Bonchev–Trinajstić information content (AvgIpc) is 3.08. The third-order valence-corrected chi connectivity index (χ3v) is 4.52. The van der Waals surface area contributed by atoms with E-state index in [9.17, 15) is 9.59 Å². The molecule has 1 saturated heterocycles. The number of aromatic nitrogens is 2. The lowest BCUT2D eigenvalue weighted by molar-refractivity contribution is 0.181. The third kappa shape index (κ3) is 2.94. The molecular formula is C20H19N3O3. The van der Waals surface area contributed by atoms with E-state index in [4.69, 9.17) is 4.74 Å². The van der Waals surface area contributed by atoms with Crippen LogP contribution in [0, 0.1) is 0 Å². The van der Waals surface area contributed by atoms with Crippen molar-refractivity contribution < 1.29 is 9.53 Å². The summed E-state index contributed by atoms with van der Waals surface area (Å²) in [4.78, 5) is 33.2. The molecule has 0 radical (unpaired) electrons. The summed E-state index contributed by atoms with van der Waals surface area (Å²) in [6.45, 7) is 3.06. The second-order valence-electron chi connectivity index (χ2n) is 6.33. The number of anilines is 1. The van der Waals surface area contributed by atoms with Gasteiger partial charge in [0.15, 0.2) is 0 Å². The summed E-state index contributed by atoms with van der Waals surface area (Å²) in [5.41, 5.74) is 3.23. The first kappa shape index (κ1) is 16.3. The van der Waals surface area contributed by atoms with Gasteiger partial charge in [-0.15, -0.1) is 0 Å². The average molecular weight is 349 g/mol. The maximum absolute atomic E-state index is 12.5. The minimum atomic E-state index is -0.335. The van der Waals surface area contributed by atoms with Crippen LogP contribution in [0.1, 0.15) is 18.9 Å². The highest BCUT2D eigenvalue weighted by Gasteiger charge is 2.23. The molecule has 6 nitrogen and oxygen atoms in total. The van der Waals surface area contributed by atoms with Crippen molar-refractivity contribution in [1.82, 2.24) is 9.97 Å². The van der Waals surface area contributed by atoms with E-state index in [2.05, 4.69) is 16.9 Å². The molecule has 0 bridgehead atoms. The van der Waals surface area contributed by atoms with Crippen LogP contribution in [-0.2, 0) is 11.2 Å². The van der Waals surface area contributed by atoms with Crippen molar-refractivity contribution in [3.05, 3.63) is 58.4 Å². The topological polar surface area (TPSA) is 75.3 Å². The Bertz CT molecular complexity index is 1020. The number of nitrogens with one attached hydrogen (secondary N) is 1. The van der Waals surface area contributed by atoms with Crippen LogP contribution in [0.2, 0.25) is 0 Å². The summed E-state index contributed by atoms with van der Waals surface area (Å²) < 4.78 is 4.95. The molecule has 1 aliphatic heterocycles. The Morgan fingerprint density at radius 2 is 1.96 bits per heavy atom. The molecule has 2 heterocycles. The monoisotopic (exact) mass is 349 g/mol. The van der Waals surface area contributed by atoms with Gasteiger partial charge in [-0.1, -0.05) is 19.4 Å². The lowest BCUT2D eigenvalue weighted by Crippen LogP contribution is -2.23. The predicted octanol–water partition coefficient (Wildman–Crippen LogP) is 3.50. The number of carbonyl (C=O) groups excluding carboxylic acids is 1. The van der Waals surface area contributed by atoms with E-state index in [-0.39, 0.29) is 11.7 Å². The molecule has 26 heavy (non-hydrogen) atoms. The Morgan fingerprint density at radius 3 is 2.65 bits per heavy atom. The molecule has 132 valence electrons. The first-order valence-corrected chi connectivity index (χ1v) is 8.73. The van der Waals surface area contributed by atoms with E-state index in [1.807, 2.05) is 42.5 Å². The lowest BCUT2D eigenvalue weighted by Gasteiger charge is -2.13. The standard InChI is InChI=1S/C20H19N3O3/c1-2-3-13-4-9-17-16(12-13)19(24)22-18(21-17)14-5-7-15(8-6-14)23-10-11-26-20(23)25/h4-9,12H,2-3,10-11H2,1H3,(H,21,22,24). The molecule has 0 spiro atoms. The largest absolute Gasteiger partial charge is 0.447 e. The number of rotatable bonds is 4. The van der Waals surface area contributed by atoms with E-state index >= 15 is 0 Å². The fourth-order valence-corrected chi connectivity index (χ4v) is 3.19. The number of amides is 1. The maximum Gasteiger partial charge on any atom is 0.414 e. The number of hydrogen-bond donors (Lipinski definition) is 1. The predicted molar refractivity (Wildman–Crippen MR) is 100 cm³/mol. The highest BCUT2D eigenvalue weighted by Crippen LogP contribution is 2.23. The zero-order chi connectivity index (χ0) is 18.1. The Labute approximate surface area is 150 Å². The highest BCUT2D eigenvalue weighted by atomic mass is 16.6. The van der Waals surface area contributed by atoms with Crippen molar-refractivity contribution in [2.45, 2.75) is 19.8 Å². The van der Waals surface area contributed by atoms with Gasteiger partial charge >= 0.3 is 6.09 Å². The number of fused-ring (bicyclic) bond motifs is 1. The zero-order valence-electron chi connectivity index (χ0n) is 14.5. The minimum absolute atomic E-state index is 0.143. The van der Waals surface area contributed by atoms with E-state index in [0.29, 0.717) is 29.9 Å². The van der Waals surface area contributed by atoms with E-state index < -0.39 is 0 Å². The van der Waals surface area contributed by atoms with Gasteiger partial charge in [-0.05, 0) is 48.4 Å². The van der Waals surface area contributed by atoms with Crippen LogP contribution in [0.5, 0.6) is 0 Å². The van der Waals surface area contributed by atoms with Crippen LogP contribution in [0.4, 0.5) is 10.5 Å². The number of aromatic amines is 1. The Balaban J connectivity index is 1.69. The molecule has 2 aromatic carbocycles. The molecule has 6 heteroatoms. The normalized spacial score (nSPS) is 14.0. The van der Waals surface area contributed by atoms with Gasteiger partial charge in [0.25, 0.3) is 5.56 Å². The van der Waals surface area contributed by atoms with Gasteiger partial charge in [0.2, 0.25) is 0 Å². The van der Waals surface area contributed by atoms with Gasteiger partial charge < -0.3 is 9.72 Å². The van der Waals surface area contributed by atoms with Crippen LogP contribution < -0.4 is 10.5 Å². The Kier molecular flexibility index (Phi) is 4.16. The molecule has 4 rings (SSSR count). The summed E-state index contributed by atoms with van der Waals surface area (Å²) in [5.74, 6) is 0.515. The van der Waals surface area contributed by atoms with E-state index in [1.54, 1.807) is 4.90 Å². The molecule has 1 N–H and O–H groups in total. The van der Waals surface area contributed by atoms with Gasteiger partial charge in [0.1, 0.15) is 12.4 Å². The molecule has 0 unspecified atom stereocenters. The molecule has 3 aromatic rings. The van der Waals surface area contributed by atoms with Crippen molar-refractivity contribution in [2.75, 3.05) is 18.1 Å². The SMILES string of the molecule is CCCc1ccc2nc(-c3ccc(N4CCOC4=O)cc3)[nH]c(=O)c2c1. The number of H-pyrrole nitrogens is 1. The van der Waals surface area contributed by atoms with E-state index in [1.165, 1.54) is 0 Å². The van der Waals surface area contributed by atoms with E-state index in [0.717, 1.165) is 29.7 Å². The van der Waals surface area contributed by atoms with Crippen LogP contribution in [0.15, 0.2) is 47.3 Å². The van der Waals surface area contributed by atoms with Gasteiger partial charge in [-0.3, -0.25) is 9.69 Å². The Morgan fingerprint density at radius 1 is 1.15 bits per heavy atom. The van der Waals surface area contributed by atoms with Crippen molar-refractivity contribution in [2.24, 2.45) is 0 Å². The summed E-state index contributed by atoms with van der Waals surface area (Å²) >= 11 is 0. The van der Waals surface area contributed by atoms with Crippen LogP contribution in [-0.4, -0.2) is 29.2 Å². The number of aryl methyl sites for hydroxylation is 1. The van der Waals surface area contributed by atoms with Gasteiger partial charge in [0.05, 0.1) is 17.4 Å². The van der Waals surface area contributed by atoms with Crippen molar-refractivity contribution in [3.8, 4) is 11.4 Å². The second-order valence-corrected chi connectivity index (χ2v) is 6.33. The molecule has 0 atom stereocenters. The first-order chi connectivity index (χ1) is 12.7. The molecule has 1 amide bonds. The van der Waals surface area contributed by atoms with Crippen molar-refractivity contribution >= 4 is 22.7 Å². The maximum atomic E-state index is 12.5. The number of ether oxygens (including phenoxy) is 1. The number of cyclic esters (lactones) is 1. The van der Waals surface area contributed by atoms with Crippen LogP contribution in [0.3, 0.4) is 0 Å². The fraction of sp³-hybridized carbons (Fsp3) is 0.250. The highest BCUT2D eigenvalue weighted by molar-refractivity contribution is 5.89. The van der Waals surface area contributed by atoms with Crippen LogP contribution >= 0.6 is 0 Å². The fourth-order valence-electron chi connectivity index (χ4n) is 3.19. The summed E-state index contributed by atoms with van der Waals surface area (Å²) in [5, 5.41) is 0.608. The van der Waals surface area contributed by atoms with Gasteiger partial charge in [0, 0.05) is 11.3 Å². The Hall–Kier alpha value is -3.15. The summed E-state index contributed by atoms with van der Waals surface area (Å²) in [6, 6.07) is 13.2. The zero-order valence-corrected chi connectivity index (χ0v) is 14.5. The van der Waals surface area contributed by atoms with Crippen molar-refractivity contribution in [1.29, 1.82) is 0 Å². The molecule has 0 aliphatic carbocycles. The van der Waals surface area contributed by atoms with Gasteiger partial charge in [-0.2, -0.15) is 0 Å². The summed E-state index contributed by atoms with van der Waals surface area (Å²) in [7, 11) is 0. The quantitative estimate of drug-likeness (QED) is 0.782. The second kappa shape index (κ2) is 6.63. The smallest absolute Gasteiger partial charge is 0.414 e. The number of hydrogen-bond acceptors (Lipinski definition) is 4. The van der Waals surface area contributed by atoms with Crippen LogP contribution in [0.25, 0.3) is 22.3 Å². The third-order valence-electron chi connectivity index (χ3n) is 4.52. The van der Waals surface area contributed by atoms with Crippen molar-refractivity contribution in [3.63, 3.8) is 0 Å². The first-order valence-electron chi connectivity index (χ1n) is 8.73. The molecule has 1 fully saturated rings. The molecular weight excluding hydrogens is 330 g/mol. The number of nitrogens with zero attached hydrogens (tertiary/aromatic N) is 2. The molecule has 1 aromatic heterocycles. The minimum Gasteiger partial charge on any atom is -0.447 e.